The van der Waals surface area contributed by atoms with Crippen LogP contribution in [0.1, 0.15) is 12.6 Å². The number of aromatic nitrogens is 1. The monoisotopic (exact) mass is 178 g/mol. The lowest BCUT2D eigenvalue weighted by Gasteiger charge is -2.28. The van der Waals surface area contributed by atoms with E-state index in [9.17, 15) is 4.79 Å². The summed E-state index contributed by atoms with van der Waals surface area (Å²) in [6, 6.07) is 5.50. The Kier molecular flexibility index (Phi) is 2.19. The molecule has 1 aliphatic heterocycles. The zero-order valence-electron chi connectivity index (χ0n) is 7.86. The molecule has 2 heterocycles. The van der Waals surface area contributed by atoms with E-state index in [4.69, 9.17) is 0 Å². The van der Waals surface area contributed by atoms with Crippen LogP contribution in [0.5, 0.6) is 0 Å². The highest BCUT2D eigenvalue weighted by molar-refractivity contribution is 5.08. The van der Waals surface area contributed by atoms with Gasteiger partial charge in [0.2, 0.25) is 0 Å². The molecule has 1 aliphatic rings. The van der Waals surface area contributed by atoms with Gasteiger partial charge in [-0.1, -0.05) is 13.0 Å². The molecule has 0 saturated heterocycles. The van der Waals surface area contributed by atoms with E-state index in [-0.39, 0.29) is 5.56 Å². The molecule has 0 fully saturated rings. The fraction of sp³-hybridized carbons (Fsp3) is 0.500. The van der Waals surface area contributed by atoms with Gasteiger partial charge in [-0.3, -0.25) is 9.69 Å². The van der Waals surface area contributed by atoms with Crippen molar-refractivity contribution in [1.82, 2.24) is 9.47 Å². The minimum atomic E-state index is 0.133. The van der Waals surface area contributed by atoms with E-state index in [1.807, 2.05) is 16.7 Å². The van der Waals surface area contributed by atoms with Crippen LogP contribution in [0, 0.1) is 0 Å². The topological polar surface area (TPSA) is 25.2 Å². The van der Waals surface area contributed by atoms with E-state index in [1.54, 1.807) is 6.07 Å². The second-order valence-corrected chi connectivity index (χ2v) is 3.38. The molecule has 2 rings (SSSR count). The maximum absolute atomic E-state index is 11.4. The van der Waals surface area contributed by atoms with Gasteiger partial charge >= 0.3 is 0 Å². The second kappa shape index (κ2) is 3.34. The van der Waals surface area contributed by atoms with Crippen LogP contribution in [-0.2, 0) is 13.1 Å². The first-order chi connectivity index (χ1) is 6.31. The molecule has 0 aliphatic carbocycles. The van der Waals surface area contributed by atoms with Gasteiger partial charge in [0.25, 0.3) is 5.56 Å². The van der Waals surface area contributed by atoms with Crippen molar-refractivity contribution < 1.29 is 0 Å². The number of fused-ring (bicyclic) bond motifs is 1. The highest BCUT2D eigenvalue weighted by Gasteiger charge is 2.13. The first-order valence-corrected chi connectivity index (χ1v) is 4.72. The maximum Gasteiger partial charge on any atom is 0.250 e. The smallest absolute Gasteiger partial charge is 0.250 e. The largest absolute Gasteiger partial charge is 0.310 e. The molecule has 0 radical (unpaired) electrons. The maximum atomic E-state index is 11.4. The molecule has 13 heavy (non-hydrogen) atoms. The zero-order valence-corrected chi connectivity index (χ0v) is 7.86. The van der Waals surface area contributed by atoms with E-state index in [0.29, 0.717) is 0 Å². The van der Waals surface area contributed by atoms with Gasteiger partial charge < -0.3 is 4.57 Å². The van der Waals surface area contributed by atoms with Crippen LogP contribution in [0.15, 0.2) is 23.0 Å². The Bertz CT molecular complexity index is 356. The number of hydrogen-bond donors (Lipinski definition) is 0. The summed E-state index contributed by atoms with van der Waals surface area (Å²) in [6.45, 7) is 5.95. The molecule has 3 nitrogen and oxygen atoms in total. The molecule has 3 heteroatoms. The molecule has 0 aromatic carbocycles. The minimum Gasteiger partial charge on any atom is -0.310 e. The molecule has 1 aromatic rings. The molecule has 0 amide bonds. The van der Waals surface area contributed by atoms with E-state index >= 15 is 0 Å². The van der Waals surface area contributed by atoms with Gasteiger partial charge in [-0.25, -0.2) is 0 Å². The summed E-state index contributed by atoms with van der Waals surface area (Å²) in [6.07, 6.45) is 0. The van der Waals surface area contributed by atoms with Gasteiger partial charge in [-0.05, 0) is 12.6 Å². The van der Waals surface area contributed by atoms with Gasteiger partial charge in [0, 0.05) is 31.4 Å². The van der Waals surface area contributed by atoms with Crippen LogP contribution in [0.25, 0.3) is 0 Å². The van der Waals surface area contributed by atoms with Gasteiger partial charge in [0.05, 0.1) is 0 Å². The van der Waals surface area contributed by atoms with Crippen LogP contribution < -0.4 is 5.56 Å². The first-order valence-electron chi connectivity index (χ1n) is 4.72. The van der Waals surface area contributed by atoms with Crippen molar-refractivity contribution in [2.24, 2.45) is 0 Å². The average molecular weight is 178 g/mol. The quantitative estimate of drug-likeness (QED) is 0.632. The van der Waals surface area contributed by atoms with Crippen LogP contribution in [0.3, 0.4) is 0 Å². The molecule has 0 saturated carbocycles. The summed E-state index contributed by atoms with van der Waals surface area (Å²) in [5, 5.41) is 0. The fourth-order valence-electron chi connectivity index (χ4n) is 1.77. The lowest BCUT2D eigenvalue weighted by molar-refractivity contribution is 0.228. The third-order valence-corrected chi connectivity index (χ3v) is 2.61. The van der Waals surface area contributed by atoms with Crippen LogP contribution >= 0.6 is 0 Å². The zero-order chi connectivity index (χ0) is 9.26. The van der Waals surface area contributed by atoms with Crippen molar-refractivity contribution in [2.75, 3.05) is 13.1 Å². The number of rotatable bonds is 1. The summed E-state index contributed by atoms with van der Waals surface area (Å²) < 4.78 is 1.87. The summed E-state index contributed by atoms with van der Waals surface area (Å²) in [4.78, 5) is 13.7. The Labute approximate surface area is 77.6 Å². The standard InChI is InChI=1S/C10H14N2O/c1-2-11-6-7-12-9(8-11)4-3-5-10(12)13/h3-5H,2,6-8H2,1H3. The van der Waals surface area contributed by atoms with Crippen molar-refractivity contribution in [3.63, 3.8) is 0 Å². The number of nitrogens with zero attached hydrogens (tertiary/aromatic N) is 2. The summed E-state index contributed by atoms with van der Waals surface area (Å²) in [5.74, 6) is 0. The lowest BCUT2D eigenvalue weighted by atomic mass is 10.2. The van der Waals surface area contributed by atoms with Gasteiger partial charge in [0.15, 0.2) is 0 Å². The molecular formula is C10H14N2O. The molecular weight excluding hydrogens is 164 g/mol. The van der Waals surface area contributed by atoms with Crippen molar-refractivity contribution in [3.05, 3.63) is 34.2 Å². The molecule has 0 spiro atoms. The first kappa shape index (κ1) is 8.51. The van der Waals surface area contributed by atoms with Gasteiger partial charge in [-0.15, -0.1) is 0 Å². The number of hydrogen-bond acceptors (Lipinski definition) is 2. The van der Waals surface area contributed by atoms with Gasteiger partial charge in [-0.2, -0.15) is 0 Å². The highest BCUT2D eigenvalue weighted by atomic mass is 16.1. The summed E-state index contributed by atoms with van der Waals surface area (Å²) >= 11 is 0. The van der Waals surface area contributed by atoms with Crippen molar-refractivity contribution in [2.45, 2.75) is 20.0 Å². The fourth-order valence-corrected chi connectivity index (χ4v) is 1.77. The summed E-state index contributed by atoms with van der Waals surface area (Å²) in [7, 11) is 0. The highest BCUT2D eigenvalue weighted by Crippen LogP contribution is 2.08. The van der Waals surface area contributed by atoms with E-state index in [1.165, 1.54) is 0 Å². The summed E-state index contributed by atoms with van der Waals surface area (Å²) in [5.41, 5.74) is 1.27. The molecule has 0 bridgehead atoms. The minimum absolute atomic E-state index is 0.133. The Morgan fingerprint density at radius 2 is 2.23 bits per heavy atom. The Balaban J connectivity index is 2.36. The predicted octanol–water partition coefficient (Wildman–Crippen LogP) is 0.684. The van der Waals surface area contributed by atoms with Crippen molar-refractivity contribution in [1.29, 1.82) is 0 Å². The van der Waals surface area contributed by atoms with Crippen LogP contribution in [0.2, 0.25) is 0 Å². The number of likely N-dealkylation sites (N-methyl/N-ethyl adjacent to an activating group) is 1. The van der Waals surface area contributed by atoms with Gasteiger partial charge in [0.1, 0.15) is 0 Å². The van der Waals surface area contributed by atoms with Crippen molar-refractivity contribution >= 4 is 0 Å². The normalized spacial score (nSPS) is 17.0. The van der Waals surface area contributed by atoms with Crippen molar-refractivity contribution in [3.8, 4) is 0 Å². The molecule has 70 valence electrons. The second-order valence-electron chi connectivity index (χ2n) is 3.38. The Morgan fingerprint density at radius 3 is 3.00 bits per heavy atom. The van der Waals surface area contributed by atoms with E-state index in [2.05, 4.69) is 11.8 Å². The molecule has 0 atom stereocenters. The lowest BCUT2D eigenvalue weighted by Crippen LogP contribution is -2.38. The van der Waals surface area contributed by atoms with E-state index < -0.39 is 0 Å². The third kappa shape index (κ3) is 1.52. The Hall–Kier alpha value is -1.09. The molecule has 0 unspecified atom stereocenters. The molecule has 0 N–H and O–H groups in total. The SMILES string of the molecule is CCN1CCn2c(cccc2=O)C1. The van der Waals surface area contributed by atoms with Crippen LogP contribution in [-0.4, -0.2) is 22.6 Å². The number of pyridine rings is 1. The predicted molar refractivity (Wildman–Crippen MR) is 51.7 cm³/mol. The molecule has 1 aromatic heterocycles. The average Bonchev–Trinajstić information content (AvgIpc) is 2.18. The van der Waals surface area contributed by atoms with E-state index in [0.717, 1.165) is 31.9 Å². The third-order valence-electron chi connectivity index (χ3n) is 2.61. The van der Waals surface area contributed by atoms with Crippen LogP contribution in [0.4, 0.5) is 0 Å². The Morgan fingerprint density at radius 1 is 1.38 bits per heavy atom.